The van der Waals surface area contributed by atoms with E-state index in [9.17, 15) is 0 Å². The SMILES string of the molecule is CC1CCCC(N(C)C(CN)c2ccc(Br)s2)C1. The normalized spacial score (nSPS) is 26.5. The third-order valence-corrected chi connectivity index (χ3v) is 5.85. The smallest absolute Gasteiger partial charge is 0.0702 e. The van der Waals surface area contributed by atoms with Gasteiger partial charge in [0.15, 0.2) is 0 Å². The first-order valence-corrected chi connectivity index (χ1v) is 8.40. The lowest BCUT2D eigenvalue weighted by Gasteiger charge is -2.38. The van der Waals surface area contributed by atoms with E-state index in [0.717, 1.165) is 5.92 Å². The van der Waals surface area contributed by atoms with Crippen LogP contribution in [0.3, 0.4) is 0 Å². The molecule has 3 unspecified atom stereocenters. The van der Waals surface area contributed by atoms with Crippen molar-refractivity contribution in [1.29, 1.82) is 0 Å². The van der Waals surface area contributed by atoms with Crippen LogP contribution in [0.4, 0.5) is 0 Å². The lowest BCUT2D eigenvalue weighted by Crippen LogP contribution is -2.40. The predicted octanol–water partition coefficient (Wildman–Crippen LogP) is 4.02. The summed E-state index contributed by atoms with van der Waals surface area (Å²) in [7, 11) is 2.24. The summed E-state index contributed by atoms with van der Waals surface area (Å²) >= 11 is 5.35. The van der Waals surface area contributed by atoms with Crippen LogP contribution in [0.1, 0.15) is 43.5 Å². The van der Waals surface area contributed by atoms with Crippen molar-refractivity contribution in [2.45, 2.75) is 44.7 Å². The van der Waals surface area contributed by atoms with Gasteiger partial charge in [-0.15, -0.1) is 11.3 Å². The summed E-state index contributed by atoms with van der Waals surface area (Å²) < 4.78 is 1.20. The minimum absolute atomic E-state index is 0.372. The zero-order valence-corrected chi connectivity index (χ0v) is 13.6. The molecule has 1 saturated carbocycles. The summed E-state index contributed by atoms with van der Waals surface area (Å²) in [5.74, 6) is 0.861. The topological polar surface area (TPSA) is 29.3 Å². The fraction of sp³-hybridized carbons (Fsp3) is 0.714. The van der Waals surface area contributed by atoms with E-state index in [1.807, 2.05) is 11.3 Å². The van der Waals surface area contributed by atoms with E-state index in [2.05, 4.69) is 46.9 Å². The summed E-state index contributed by atoms with van der Waals surface area (Å²) in [5, 5.41) is 0. The molecule has 0 aliphatic heterocycles. The number of hydrogen-bond acceptors (Lipinski definition) is 3. The molecule has 0 aromatic carbocycles. The molecule has 2 nitrogen and oxygen atoms in total. The Morgan fingerprint density at radius 3 is 2.83 bits per heavy atom. The van der Waals surface area contributed by atoms with E-state index < -0.39 is 0 Å². The van der Waals surface area contributed by atoms with Crippen LogP contribution in [0.15, 0.2) is 15.9 Å². The number of hydrogen-bond donors (Lipinski definition) is 1. The fourth-order valence-electron chi connectivity index (χ4n) is 3.02. The van der Waals surface area contributed by atoms with E-state index in [-0.39, 0.29) is 0 Å². The third kappa shape index (κ3) is 3.35. The van der Waals surface area contributed by atoms with E-state index >= 15 is 0 Å². The first-order valence-electron chi connectivity index (χ1n) is 6.79. The molecule has 2 N–H and O–H groups in total. The van der Waals surface area contributed by atoms with Gasteiger partial charge in [0, 0.05) is 17.5 Å². The van der Waals surface area contributed by atoms with Gasteiger partial charge >= 0.3 is 0 Å². The van der Waals surface area contributed by atoms with Crippen LogP contribution in [0, 0.1) is 5.92 Å². The van der Waals surface area contributed by atoms with Gasteiger partial charge in [0.25, 0.3) is 0 Å². The molecule has 1 fully saturated rings. The van der Waals surface area contributed by atoms with Crippen molar-refractivity contribution in [2.75, 3.05) is 13.6 Å². The first kappa shape index (κ1) is 14.5. The van der Waals surface area contributed by atoms with E-state index in [1.165, 1.54) is 34.3 Å². The maximum absolute atomic E-state index is 6.01. The number of likely N-dealkylation sites (N-methyl/N-ethyl adjacent to an activating group) is 1. The first-order chi connectivity index (χ1) is 8.61. The van der Waals surface area contributed by atoms with Crippen LogP contribution >= 0.6 is 27.3 Å². The van der Waals surface area contributed by atoms with Crippen LogP contribution in [0.5, 0.6) is 0 Å². The summed E-state index contributed by atoms with van der Waals surface area (Å²) in [6.45, 7) is 3.08. The Bertz CT molecular complexity index is 380. The third-order valence-electron chi connectivity index (χ3n) is 4.12. The molecule has 0 amide bonds. The second-order valence-corrected chi connectivity index (χ2v) is 7.98. The van der Waals surface area contributed by atoms with Crippen molar-refractivity contribution in [1.82, 2.24) is 4.90 Å². The molecule has 1 aliphatic rings. The lowest BCUT2D eigenvalue weighted by atomic mass is 9.86. The van der Waals surface area contributed by atoms with E-state index in [4.69, 9.17) is 5.73 Å². The van der Waals surface area contributed by atoms with Crippen molar-refractivity contribution >= 4 is 27.3 Å². The highest BCUT2D eigenvalue weighted by Gasteiger charge is 2.27. The monoisotopic (exact) mass is 330 g/mol. The summed E-state index contributed by atoms with van der Waals surface area (Å²) in [6.07, 6.45) is 5.40. The van der Waals surface area contributed by atoms with Crippen LogP contribution < -0.4 is 5.73 Å². The van der Waals surface area contributed by atoms with Gasteiger partial charge < -0.3 is 5.73 Å². The Labute approximate surface area is 123 Å². The molecular weight excluding hydrogens is 308 g/mol. The summed E-state index contributed by atoms with van der Waals surface area (Å²) in [6, 6.07) is 5.40. The predicted molar refractivity (Wildman–Crippen MR) is 83.0 cm³/mol. The average molecular weight is 331 g/mol. The molecule has 0 bridgehead atoms. The molecule has 0 radical (unpaired) electrons. The molecule has 2 rings (SSSR count). The lowest BCUT2D eigenvalue weighted by molar-refractivity contribution is 0.122. The minimum atomic E-state index is 0.372. The van der Waals surface area contributed by atoms with Crippen molar-refractivity contribution in [3.8, 4) is 0 Å². The molecule has 1 aliphatic carbocycles. The number of halogens is 1. The Balaban J connectivity index is 2.07. The van der Waals surface area contributed by atoms with Crippen molar-refractivity contribution < 1.29 is 0 Å². The summed E-state index contributed by atoms with van der Waals surface area (Å²) in [4.78, 5) is 3.89. The quantitative estimate of drug-likeness (QED) is 0.903. The summed E-state index contributed by atoms with van der Waals surface area (Å²) in [5.41, 5.74) is 6.01. The van der Waals surface area contributed by atoms with Crippen molar-refractivity contribution in [3.63, 3.8) is 0 Å². The Morgan fingerprint density at radius 1 is 1.50 bits per heavy atom. The molecule has 0 saturated heterocycles. The van der Waals surface area contributed by atoms with E-state index in [1.54, 1.807) is 0 Å². The van der Waals surface area contributed by atoms with Gasteiger partial charge in [-0.1, -0.05) is 19.8 Å². The molecule has 1 heterocycles. The molecular formula is C14H23BrN2S. The highest BCUT2D eigenvalue weighted by molar-refractivity contribution is 9.11. The minimum Gasteiger partial charge on any atom is -0.329 e. The molecule has 4 heteroatoms. The molecule has 102 valence electrons. The average Bonchev–Trinajstić information content (AvgIpc) is 2.76. The maximum Gasteiger partial charge on any atom is 0.0702 e. The molecule has 1 aromatic heterocycles. The standard InChI is InChI=1S/C14H23BrN2S/c1-10-4-3-5-11(8-10)17(2)12(9-16)13-6-7-14(15)18-13/h6-7,10-12H,3-5,8-9,16H2,1-2H3. The van der Waals surface area contributed by atoms with Gasteiger partial charge in [0.05, 0.1) is 9.83 Å². The van der Waals surface area contributed by atoms with Gasteiger partial charge in [-0.25, -0.2) is 0 Å². The molecule has 3 atom stereocenters. The number of thiophene rings is 1. The van der Waals surface area contributed by atoms with Crippen LogP contribution in [0.25, 0.3) is 0 Å². The van der Waals surface area contributed by atoms with Crippen LogP contribution in [-0.2, 0) is 0 Å². The molecule has 1 aromatic rings. The zero-order chi connectivity index (χ0) is 13.1. The van der Waals surface area contributed by atoms with Crippen LogP contribution in [0.2, 0.25) is 0 Å². The van der Waals surface area contributed by atoms with Gasteiger partial charge in [0.2, 0.25) is 0 Å². The maximum atomic E-state index is 6.01. The number of nitrogens with zero attached hydrogens (tertiary/aromatic N) is 1. The van der Waals surface area contributed by atoms with Gasteiger partial charge in [-0.2, -0.15) is 0 Å². The van der Waals surface area contributed by atoms with Gasteiger partial charge in [-0.3, -0.25) is 4.90 Å². The second kappa shape index (κ2) is 6.51. The second-order valence-electron chi connectivity index (χ2n) is 5.48. The highest BCUT2D eigenvalue weighted by atomic mass is 79.9. The van der Waals surface area contributed by atoms with Gasteiger partial charge in [-0.05, 0) is 53.9 Å². The van der Waals surface area contributed by atoms with Crippen molar-refractivity contribution in [3.05, 3.63) is 20.8 Å². The largest absolute Gasteiger partial charge is 0.329 e. The van der Waals surface area contributed by atoms with Crippen LogP contribution in [-0.4, -0.2) is 24.5 Å². The van der Waals surface area contributed by atoms with Gasteiger partial charge in [0.1, 0.15) is 0 Å². The molecule has 18 heavy (non-hydrogen) atoms. The van der Waals surface area contributed by atoms with E-state index in [0.29, 0.717) is 18.6 Å². The number of nitrogens with two attached hydrogens (primary N) is 1. The Kier molecular flexibility index (Phi) is 5.24. The highest BCUT2D eigenvalue weighted by Crippen LogP contribution is 2.34. The zero-order valence-electron chi connectivity index (χ0n) is 11.2. The Morgan fingerprint density at radius 2 is 2.28 bits per heavy atom. The molecule has 0 spiro atoms. The number of rotatable bonds is 4. The van der Waals surface area contributed by atoms with Crippen molar-refractivity contribution in [2.24, 2.45) is 11.7 Å². The fourth-order valence-corrected chi connectivity index (χ4v) is 4.61. The Hall–Kier alpha value is 0.1000.